The Hall–Kier alpha value is -2.24. The average Bonchev–Trinajstić information content (AvgIpc) is 2.56. The van der Waals surface area contributed by atoms with Gasteiger partial charge in [-0.25, -0.2) is 0 Å². The van der Waals surface area contributed by atoms with Gasteiger partial charge >= 0.3 is 0 Å². The van der Waals surface area contributed by atoms with E-state index in [0.29, 0.717) is 22.3 Å². The highest BCUT2D eigenvalue weighted by molar-refractivity contribution is 6.30. The molecular weight excluding hydrogens is 330 g/mol. The molecule has 0 atom stereocenters. The highest BCUT2D eigenvalue weighted by Crippen LogP contribution is 2.26. The first-order valence-electron chi connectivity index (χ1n) is 7.52. The van der Waals surface area contributed by atoms with Gasteiger partial charge in [0.05, 0.1) is 6.61 Å². The molecule has 0 aliphatic heterocycles. The number of halogens is 1. The SMILES string of the molecule is CC(C)(Oc1ccc(Oc2ccc(Cl)cc2)cc1)C(=O)NCCO. The van der Waals surface area contributed by atoms with Crippen molar-refractivity contribution in [3.05, 3.63) is 53.6 Å². The standard InChI is InChI=1S/C18H20ClNO4/c1-18(2,17(22)20-11-12-21)24-16-9-7-15(8-10-16)23-14-5-3-13(19)4-6-14/h3-10,21H,11-12H2,1-2H3,(H,20,22). The van der Waals surface area contributed by atoms with Crippen molar-refractivity contribution in [2.75, 3.05) is 13.2 Å². The number of aliphatic hydroxyl groups excluding tert-OH is 1. The maximum Gasteiger partial charge on any atom is 0.263 e. The Morgan fingerprint density at radius 1 is 1.04 bits per heavy atom. The Balaban J connectivity index is 1.98. The molecule has 0 spiro atoms. The highest BCUT2D eigenvalue weighted by Gasteiger charge is 2.29. The molecule has 0 fully saturated rings. The van der Waals surface area contributed by atoms with E-state index in [1.807, 2.05) is 0 Å². The largest absolute Gasteiger partial charge is 0.478 e. The smallest absolute Gasteiger partial charge is 0.263 e. The van der Waals surface area contributed by atoms with Gasteiger partial charge < -0.3 is 19.9 Å². The van der Waals surface area contributed by atoms with Gasteiger partial charge in [0.2, 0.25) is 0 Å². The third kappa shape index (κ3) is 5.15. The van der Waals surface area contributed by atoms with Gasteiger partial charge in [-0.1, -0.05) is 11.6 Å². The lowest BCUT2D eigenvalue weighted by Gasteiger charge is -2.25. The van der Waals surface area contributed by atoms with Gasteiger partial charge in [0.1, 0.15) is 17.2 Å². The van der Waals surface area contributed by atoms with E-state index in [-0.39, 0.29) is 19.1 Å². The summed E-state index contributed by atoms with van der Waals surface area (Å²) in [7, 11) is 0. The van der Waals surface area contributed by atoms with E-state index in [9.17, 15) is 4.79 Å². The molecule has 0 aliphatic rings. The van der Waals surface area contributed by atoms with Crippen LogP contribution in [-0.2, 0) is 4.79 Å². The number of nitrogens with one attached hydrogen (secondary N) is 1. The molecule has 0 bridgehead atoms. The Bertz CT molecular complexity index is 668. The molecule has 2 rings (SSSR count). The van der Waals surface area contributed by atoms with E-state index in [4.69, 9.17) is 26.2 Å². The number of rotatable bonds is 7. The first-order chi connectivity index (χ1) is 11.4. The molecule has 0 saturated heterocycles. The van der Waals surface area contributed by atoms with Crippen LogP contribution in [0.5, 0.6) is 17.2 Å². The topological polar surface area (TPSA) is 67.8 Å². The van der Waals surface area contributed by atoms with Crippen LogP contribution in [0.1, 0.15) is 13.8 Å². The zero-order valence-electron chi connectivity index (χ0n) is 13.6. The summed E-state index contributed by atoms with van der Waals surface area (Å²) in [5.74, 6) is 1.57. The maximum absolute atomic E-state index is 12.0. The van der Waals surface area contributed by atoms with Gasteiger partial charge in [0.15, 0.2) is 5.60 Å². The van der Waals surface area contributed by atoms with Crippen molar-refractivity contribution < 1.29 is 19.4 Å². The van der Waals surface area contributed by atoms with Crippen molar-refractivity contribution in [2.45, 2.75) is 19.4 Å². The van der Waals surface area contributed by atoms with E-state index in [1.54, 1.807) is 62.4 Å². The van der Waals surface area contributed by atoms with Gasteiger partial charge in [-0.3, -0.25) is 4.79 Å². The van der Waals surface area contributed by atoms with Crippen molar-refractivity contribution in [3.8, 4) is 17.2 Å². The number of aliphatic hydroxyl groups is 1. The molecule has 5 nitrogen and oxygen atoms in total. The van der Waals surface area contributed by atoms with Crippen LogP contribution in [0.25, 0.3) is 0 Å². The summed E-state index contributed by atoms with van der Waals surface area (Å²) < 4.78 is 11.4. The Kier molecular flexibility index (Phi) is 6.06. The van der Waals surface area contributed by atoms with Crippen LogP contribution in [-0.4, -0.2) is 29.8 Å². The molecule has 128 valence electrons. The van der Waals surface area contributed by atoms with Crippen LogP contribution in [0.2, 0.25) is 5.02 Å². The van der Waals surface area contributed by atoms with Gasteiger partial charge in [-0.15, -0.1) is 0 Å². The molecule has 1 amide bonds. The number of ether oxygens (including phenoxy) is 2. The van der Waals surface area contributed by atoms with Gasteiger partial charge in [0.25, 0.3) is 5.91 Å². The molecule has 6 heteroatoms. The number of hydrogen-bond acceptors (Lipinski definition) is 4. The fraction of sp³-hybridized carbons (Fsp3) is 0.278. The van der Waals surface area contributed by atoms with E-state index >= 15 is 0 Å². The quantitative estimate of drug-likeness (QED) is 0.804. The number of amides is 1. The van der Waals surface area contributed by atoms with Gasteiger partial charge in [-0.2, -0.15) is 0 Å². The summed E-state index contributed by atoms with van der Waals surface area (Å²) >= 11 is 5.84. The number of hydrogen-bond donors (Lipinski definition) is 2. The molecule has 0 heterocycles. The molecule has 2 aromatic rings. The summed E-state index contributed by atoms with van der Waals surface area (Å²) in [5.41, 5.74) is -1.05. The maximum atomic E-state index is 12.0. The Morgan fingerprint density at radius 2 is 1.54 bits per heavy atom. The zero-order valence-corrected chi connectivity index (χ0v) is 14.3. The molecule has 0 unspecified atom stereocenters. The fourth-order valence-corrected chi connectivity index (χ4v) is 2.06. The second kappa shape index (κ2) is 8.04. The van der Waals surface area contributed by atoms with Crippen LogP contribution in [0, 0.1) is 0 Å². The summed E-state index contributed by atoms with van der Waals surface area (Å²) in [6.45, 7) is 3.41. The number of carbonyl (C=O) groups excluding carboxylic acids is 1. The molecule has 2 N–H and O–H groups in total. The minimum absolute atomic E-state index is 0.113. The fourth-order valence-electron chi connectivity index (χ4n) is 1.94. The van der Waals surface area contributed by atoms with Crippen LogP contribution in [0.3, 0.4) is 0 Å². The molecule has 0 saturated carbocycles. The minimum Gasteiger partial charge on any atom is -0.478 e. The van der Waals surface area contributed by atoms with Crippen LogP contribution >= 0.6 is 11.6 Å². The van der Waals surface area contributed by atoms with E-state index in [0.717, 1.165) is 0 Å². The van der Waals surface area contributed by atoms with Gasteiger partial charge in [0, 0.05) is 11.6 Å². The van der Waals surface area contributed by atoms with Crippen molar-refractivity contribution in [1.29, 1.82) is 0 Å². The summed E-state index contributed by atoms with van der Waals surface area (Å²) in [5, 5.41) is 12.0. The second-order valence-electron chi connectivity index (χ2n) is 5.62. The van der Waals surface area contributed by atoms with Crippen LogP contribution < -0.4 is 14.8 Å². The molecule has 0 aliphatic carbocycles. The lowest BCUT2D eigenvalue weighted by Crippen LogP contribution is -2.47. The monoisotopic (exact) mass is 349 g/mol. The van der Waals surface area contributed by atoms with E-state index in [2.05, 4.69) is 5.32 Å². The van der Waals surface area contributed by atoms with Crippen molar-refractivity contribution in [2.24, 2.45) is 0 Å². The molecule has 24 heavy (non-hydrogen) atoms. The zero-order chi connectivity index (χ0) is 17.6. The van der Waals surface area contributed by atoms with Crippen LogP contribution in [0.4, 0.5) is 0 Å². The van der Waals surface area contributed by atoms with E-state index in [1.165, 1.54) is 0 Å². The minimum atomic E-state index is -1.05. The second-order valence-corrected chi connectivity index (χ2v) is 6.06. The van der Waals surface area contributed by atoms with E-state index < -0.39 is 5.60 Å². The van der Waals surface area contributed by atoms with Crippen LogP contribution in [0.15, 0.2) is 48.5 Å². The summed E-state index contributed by atoms with van der Waals surface area (Å²) in [6.07, 6.45) is 0. The van der Waals surface area contributed by atoms with Crippen molar-refractivity contribution in [1.82, 2.24) is 5.32 Å². The summed E-state index contributed by atoms with van der Waals surface area (Å²) in [6, 6.07) is 14.0. The third-order valence-corrected chi connectivity index (χ3v) is 3.44. The molecule has 0 radical (unpaired) electrons. The van der Waals surface area contributed by atoms with Crippen molar-refractivity contribution in [3.63, 3.8) is 0 Å². The normalized spacial score (nSPS) is 11.0. The van der Waals surface area contributed by atoms with Crippen molar-refractivity contribution >= 4 is 17.5 Å². The third-order valence-electron chi connectivity index (χ3n) is 3.19. The highest BCUT2D eigenvalue weighted by atomic mass is 35.5. The first-order valence-corrected chi connectivity index (χ1v) is 7.90. The molecular formula is C18H20ClNO4. The lowest BCUT2D eigenvalue weighted by molar-refractivity contribution is -0.134. The lowest BCUT2D eigenvalue weighted by atomic mass is 10.1. The number of benzene rings is 2. The predicted octanol–water partition coefficient (Wildman–Crippen LogP) is 3.40. The Labute approximate surface area is 146 Å². The number of carbonyl (C=O) groups is 1. The molecule has 0 aromatic heterocycles. The van der Waals surface area contributed by atoms with Gasteiger partial charge in [-0.05, 0) is 62.4 Å². The summed E-state index contributed by atoms with van der Waals surface area (Å²) in [4.78, 5) is 12.0. The Morgan fingerprint density at radius 3 is 2.08 bits per heavy atom. The molecule has 2 aromatic carbocycles. The first kappa shape index (κ1) is 18.1. The predicted molar refractivity (Wildman–Crippen MR) is 92.8 cm³/mol. The average molecular weight is 350 g/mol.